The van der Waals surface area contributed by atoms with Gasteiger partial charge in [-0.05, 0) is 68.9 Å². The lowest BCUT2D eigenvalue weighted by molar-refractivity contribution is 0.0956. The van der Waals surface area contributed by atoms with Crippen LogP contribution in [0.4, 0.5) is 10.6 Å². The van der Waals surface area contributed by atoms with E-state index < -0.39 is 0 Å². The van der Waals surface area contributed by atoms with Crippen LogP contribution in [0.15, 0.2) is 84.9 Å². The van der Waals surface area contributed by atoms with Crippen LogP contribution in [0.3, 0.4) is 0 Å². The topological polar surface area (TPSA) is 97.3 Å². The Labute approximate surface area is 247 Å². The number of nitrogens with one attached hydrogen (secondary N) is 3. The zero-order chi connectivity index (χ0) is 29.5. The molecule has 1 aromatic heterocycles. The molecule has 3 amide bonds. The van der Waals surface area contributed by atoms with Crippen molar-refractivity contribution in [3.05, 3.63) is 102 Å². The molecule has 0 aliphatic heterocycles. The normalized spacial score (nSPS) is 18.0. The van der Waals surface area contributed by atoms with Crippen LogP contribution >= 0.6 is 0 Å². The predicted molar refractivity (Wildman–Crippen MR) is 166 cm³/mol. The van der Waals surface area contributed by atoms with E-state index in [0.29, 0.717) is 30.5 Å². The van der Waals surface area contributed by atoms with Gasteiger partial charge in [0.05, 0.1) is 11.4 Å². The van der Waals surface area contributed by atoms with Gasteiger partial charge in [0.25, 0.3) is 5.91 Å². The number of carbonyl (C=O) groups excluding carboxylic acids is 2. The third-order valence-corrected chi connectivity index (χ3v) is 8.05. The zero-order valence-corrected chi connectivity index (χ0v) is 24.5. The lowest BCUT2D eigenvalue weighted by Crippen LogP contribution is -2.40. The molecule has 0 saturated heterocycles. The number of benzene rings is 3. The smallest absolute Gasteiger partial charge is 0.320 e. The molecule has 3 N–H and O–H groups in total. The lowest BCUT2D eigenvalue weighted by Gasteiger charge is -2.22. The minimum atomic E-state index is -0.258. The average molecular weight is 566 g/mol. The minimum absolute atomic E-state index is 0.00365. The fraction of sp³-hybridized carbons (Fsp3) is 0.324. The predicted octanol–water partition coefficient (Wildman–Crippen LogP) is 6.32. The summed E-state index contributed by atoms with van der Waals surface area (Å²) in [5, 5.41) is 14.2. The number of rotatable bonds is 10. The summed E-state index contributed by atoms with van der Waals surface area (Å²) in [5.74, 6) is 1.20. The summed E-state index contributed by atoms with van der Waals surface area (Å²) in [7, 11) is 1.73. The molecule has 1 aliphatic rings. The fourth-order valence-corrected chi connectivity index (χ4v) is 5.92. The third kappa shape index (κ3) is 6.55. The van der Waals surface area contributed by atoms with Crippen LogP contribution in [0.2, 0.25) is 0 Å². The number of hydrogen-bond donors (Lipinski definition) is 3. The number of aromatic nitrogens is 2. The molecule has 3 atom stereocenters. The number of urea groups is 1. The molecule has 8 heteroatoms. The first-order valence-electron chi connectivity index (χ1n) is 14.6. The average Bonchev–Trinajstić information content (AvgIpc) is 3.57. The first-order chi connectivity index (χ1) is 20.5. The van der Waals surface area contributed by atoms with Crippen molar-refractivity contribution < 1.29 is 14.3 Å². The second-order valence-corrected chi connectivity index (χ2v) is 10.8. The van der Waals surface area contributed by atoms with Gasteiger partial charge in [-0.15, -0.1) is 0 Å². The quantitative estimate of drug-likeness (QED) is 0.210. The van der Waals surface area contributed by atoms with E-state index in [2.05, 4.69) is 40.2 Å². The van der Waals surface area contributed by atoms with Crippen molar-refractivity contribution >= 4 is 17.8 Å². The lowest BCUT2D eigenvalue weighted by atomic mass is 9.93. The van der Waals surface area contributed by atoms with E-state index in [1.165, 1.54) is 5.56 Å². The van der Waals surface area contributed by atoms with Gasteiger partial charge < -0.3 is 15.4 Å². The fourth-order valence-electron chi connectivity index (χ4n) is 5.92. The Hall–Kier alpha value is -4.43. The molecule has 3 aromatic carbocycles. The van der Waals surface area contributed by atoms with Crippen LogP contribution in [0.25, 0.3) is 16.9 Å². The summed E-state index contributed by atoms with van der Waals surface area (Å²) >= 11 is 0. The van der Waals surface area contributed by atoms with Crippen molar-refractivity contribution in [3.63, 3.8) is 0 Å². The van der Waals surface area contributed by atoms with E-state index in [1.807, 2.05) is 62.4 Å². The molecule has 0 bridgehead atoms. The van der Waals surface area contributed by atoms with Crippen LogP contribution in [-0.2, 0) is 4.74 Å². The maximum absolute atomic E-state index is 13.6. The first-order valence-corrected chi connectivity index (χ1v) is 14.6. The van der Waals surface area contributed by atoms with Crippen LogP contribution in [0, 0.1) is 12.8 Å². The zero-order valence-electron chi connectivity index (χ0n) is 24.5. The molecule has 1 heterocycles. The summed E-state index contributed by atoms with van der Waals surface area (Å²) in [6.45, 7) is 5.13. The van der Waals surface area contributed by atoms with Gasteiger partial charge in [0.15, 0.2) is 0 Å². The van der Waals surface area contributed by atoms with E-state index in [4.69, 9.17) is 9.84 Å². The Morgan fingerprint density at radius 3 is 2.31 bits per heavy atom. The Morgan fingerprint density at radius 1 is 0.952 bits per heavy atom. The molecular weight excluding hydrogens is 526 g/mol. The van der Waals surface area contributed by atoms with Crippen molar-refractivity contribution in [1.29, 1.82) is 0 Å². The van der Waals surface area contributed by atoms with Gasteiger partial charge in [-0.25, -0.2) is 9.48 Å². The Kier molecular flexibility index (Phi) is 9.34. The van der Waals surface area contributed by atoms with Gasteiger partial charge in [0.2, 0.25) is 0 Å². The summed E-state index contributed by atoms with van der Waals surface area (Å²) in [6.07, 6.45) is 2.88. The molecule has 0 unspecified atom stereocenters. The van der Waals surface area contributed by atoms with E-state index >= 15 is 0 Å². The minimum Gasteiger partial charge on any atom is -0.385 e. The highest BCUT2D eigenvalue weighted by atomic mass is 16.5. The molecule has 0 spiro atoms. The number of anilines is 1. The number of ether oxygens (including phenoxy) is 1. The van der Waals surface area contributed by atoms with Crippen LogP contribution in [-0.4, -0.2) is 48.0 Å². The molecular formula is C34H39N5O3. The molecule has 4 aromatic rings. The molecule has 5 rings (SSSR count). The van der Waals surface area contributed by atoms with Gasteiger partial charge in [0.1, 0.15) is 5.82 Å². The summed E-state index contributed by atoms with van der Waals surface area (Å²) in [5.41, 5.74) is 5.10. The summed E-state index contributed by atoms with van der Waals surface area (Å²) < 4.78 is 7.12. The van der Waals surface area contributed by atoms with E-state index in [9.17, 15) is 9.59 Å². The first kappa shape index (κ1) is 29.1. The van der Waals surface area contributed by atoms with Crippen LogP contribution in [0.5, 0.6) is 0 Å². The number of nitrogens with zero attached hydrogens (tertiary/aromatic N) is 2. The monoisotopic (exact) mass is 565 g/mol. The second-order valence-electron chi connectivity index (χ2n) is 10.8. The standard InChI is InChI=1S/C34H39N5O3/c1-4-35-33(40)27-17-15-26(16-18-27)31-23(2)32(39(38-31)28-13-9-6-10-14-28)37-34(41)36-30-22-24(19-20-42-3)21-29(30)25-11-7-5-8-12-25/h5-18,24,29-30H,4,19-22H2,1-3H3,(H,35,40)(H2,36,37,41)/t24-,29-,30+/m0/s1. The van der Waals surface area contributed by atoms with Crippen molar-refractivity contribution in [3.8, 4) is 16.9 Å². The van der Waals surface area contributed by atoms with Gasteiger partial charge >= 0.3 is 6.03 Å². The number of hydrogen-bond acceptors (Lipinski definition) is 4. The second kappa shape index (κ2) is 13.5. The highest BCUT2D eigenvalue weighted by molar-refractivity contribution is 5.95. The van der Waals surface area contributed by atoms with Crippen molar-refractivity contribution in [2.75, 3.05) is 25.6 Å². The molecule has 1 fully saturated rings. The summed E-state index contributed by atoms with van der Waals surface area (Å²) in [6, 6.07) is 27.3. The molecule has 218 valence electrons. The number of para-hydroxylation sites is 1. The van der Waals surface area contributed by atoms with Gasteiger partial charge in [-0.1, -0.05) is 60.7 Å². The molecule has 8 nitrogen and oxygen atoms in total. The van der Waals surface area contributed by atoms with Gasteiger partial charge in [-0.2, -0.15) is 5.10 Å². The Bertz CT molecular complexity index is 1490. The molecule has 42 heavy (non-hydrogen) atoms. The maximum atomic E-state index is 13.6. The largest absolute Gasteiger partial charge is 0.385 e. The van der Waals surface area contributed by atoms with Gasteiger partial charge in [0, 0.05) is 48.9 Å². The molecule has 0 radical (unpaired) electrons. The van der Waals surface area contributed by atoms with E-state index in [-0.39, 0.29) is 23.9 Å². The van der Waals surface area contributed by atoms with E-state index in [1.54, 1.807) is 23.9 Å². The van der Waals surface area contributed by atoms with Crippen LogP contribution < -0.4 is 16.0 Å². The highest BCUT2D eigenvalue weighted by Gasteiger charge is 2.36. The Balaban J connectivity index is 1.41. The van der Waals surface area contributed by atoms with Crippen LogP contribution in [0.1, 0.15) is 53.6 Å². The molecule has 1 saturated carbocycles. The maximum Gasteiger partial charge on any atom is 0.320 e. The number of carbonyl (C=O) groups is 2. The molecule has 1 aliphatic carbocycles. The van der Waals surface area contributed by atoms with Gasteiger partial charge in [-0.3, -0.25) is 10.1 Å². The third-order valence-electron chi connectivity index (χ3n) is 8.05. The number of amides is 3. The highest BCUT2D eigenvalue weighted by Crippen LogP contribution is 2.40. The summed E-state index contributed by atoms with van der Waals surface area (Å²) in [4.78, 5) is 25.9. The van der Waals surface area contributed by atoms with E-state index in [0.717, 1.165) is 41.8 Å². The van der Waals surface area contributed by atoms with Crippen molar-refractivity contribution in [1.82, 2.24) is 20.4 Å². The number of methoxy groups -OCH3 is 1. The SMILES string of the molecule is CCNC(=O)c1ccc(-c2nn(-c3ccccc3)c(NC(=O)N[C@@H]3C[C@@H](CCOC)C[C@H]3c3ccccc3)c2C)cc1. The Morgan fingerprint density at radius 2 is 1.64 bits per heavy atom. The van der Waals surface area contributed by atoms with Crippen molar-refractivity contribution in [2.24, 2.45) is 5.92 Å². The van der Waals surface area contributed by atoms with Crippen molar-refractivity contribution in [2.45, 2.75) is 45.1 Å².